The fourth-order valence-corrected chi connectivity index (χ4v) is 5.29. The highest BCUT2D eigenvalue weighted by Gasteiger charge is 2.40. The van der Waals surface area contributed by atoms with Crippen molar-refractivity contribution in [1.29, 1.82) is 0 Å². The molecule has 0 radical (unpaired) electrons. The van der Waals surface area contributed by atoms with Crippen LogP contribution in [0.3, 0.4) is 0 Å². The van der Waals surface area contributed by atoms with Crippen LogP contribution in [0.5, 0.6) is 0 Å². The molecule has 3 nitrogen and oxygen atoms in total. The minimum atomic E-state index is 0.143. The van der Waals surface area contributed by atoms with Crippen LogP contribution in [0.1, 0.15) is 36.1 Å². The Hall–Kier alpha value is -2.30. The topological polar surface area (TPSA) is 34.4 Å². The van der Waals surface area contributed by atoms with Crippen molar-refractivity contribution in [2.24, 2.45) is 5.92 Å². The molecule has 0 saturated carbocycles. The van der Waals surface area contributed by atoms with Crippen LogP contribution < -0.4 is 5.32 Å². The van der Waals surface area contributed by atoms with E-state index in [0.29, 0.717) is 5.92 Å². The molecule has 0 amide bonds. The van der Waals surface area contributed by atoms with E-state index < -0.39 is 0 Å². The normalized spacial score (nSPS) is 24.0. The summed E-state index contributed by atoms with van der Waals surface area (Å²) in [5.74, 6) is 0.422. The van der Waals surface area contributed by atoms with Crippen LogP contribution in [0, 0.1) is 5.92 Å². The molecule has 2 unspecified atom stereocenters. The van der Waals surface area contributed by atoms with Gasteiger partial charge in [-0.3, -0.25) is 0 Å². The summed E-state index contributed by atoms with van der Waals surface area (Å²) in [4.78, 5) is 0. The molecule has 1 aromatic heterocycles. The lowest BCUT2D eigenvalue weighted by molar-refractivity contribution is -0.0381. The minimum absolute atomic E-state index is 0.143. The second-order valence-electron chi connectivity index (χ2n) is 7.80. The van der Waals surface area contributed by atoms with Crippen molar-refractivity contribution in [2.75, 3.05) is 11.9 Å². The van der Waals surface area contributed by atoms with Crippen molar-refractivity contribution in [3.05, 3.63) is 76.3 Å². The van der Waals surface area contributed by atoms with Gasteiger partial charge in [0.1, 0.15) is 11.2 Å². The van der Waals surface area contributed by atoms with Gasteiger partial charge in [-0.05, 0) is 54.8 Å². The molecule has 140 valence electrons. The van der Waals surface area contributed by atoms with Gasteiger partial charge < -0.3 is 14.5 Å². The highest BCUT2D eigenvalue weighted by Crippen LogP contribution is 2.50. The van der Waals surface area contributed by atoms with Crippen molar-refractivity contribution in [2.45, 2.75) is 25.0 Å². The summed E-state index contributed by atoms with van der Waals surface area (Å²) in [6.07, 6.45) is 2.42. The summed E-state index contributed by atoms with van der Waals surface area (Å²) in [6.45, 7) is 0.839. The number of hydrogen-bond acceptors (Lipinski definition) is 3. The van der Waals surface area contributed by atoms with Gasteiger partial charge in [0.05, 0.1) is 12.1 Å². The molecule has 1 N–H and O–H groups in total. The number of rotatable bonds is 1. The van der Waals surface area contributed by atoms with Crippen LogP contribution in [0.25, 0.3) is 21.9 Å². The van der Waals surface area contributed by atoms with E-state index in [1.54, 1.807) is 0 Å². The first kappa shape index (κ1) is 16.6. The minimum Gasteiger partial charge on any atom is -0.456 e. The number of furan rings is 1. The highest BCUT2D eigenvalue weighted by atomic mass is 79.9. The first-order chi connectivity index (χ1) is 13.8. The summed E-state index contributed by atoms with van der Waals surface area (Å²) >= 11 is 3.62. The third-order valence-corrected chi connectivity index (χ3v) is 6.68. The van der Waals surface area contributed by atoms with Gasteiger partial charge in [-0.15, -0.1) is 0 Å². The number of para-hydroxylation sites is 1. The predicted octanol–water partition coefficient (Wildman–Crippen LogP) is 6.98. The Kier molecular flexibility index (Phi) is 3.78. The summed E-state index contributed by atoms with van der Waals surface area (Å²) in [5, 5.41) is 6.17. The summed E-state index contributed by atoms with van der Waals surface area (Å²) in [6, 6.07) is 21.6. The third-order valence-electron chi connectivity index (χ3n) is 6.19. The zero-order valence-electron chi connectivity index (χ0n) is 15.3. The van der Waals surface area contributed by atoms with Gasteiger partial charge in [0.15, 0.2) is 0 Å². The lowest BCUT2D eigenvalue weighted by Crippen LogP contribution is -2.36. The fraction of sp³-hybridized carbons (Fsp3) is 0.250. The average molecular weight is 434 g/mol. The van der Waals surface area contributed by atoms with Crippen LogP contribution in [0.2, 0.25) is 0 Å². The number of halogens is 1. The molecule has 0 spiro atoms. The van der Waals surface area contributed by atoms with Crippen molar-refractivity contribution < 1.29 is 9.15 Å². The number of anilines is 1. The smallest absolute Gasteiger partial charge is 0.135 e. The second kappa shape index (κ2) is 6.36. The standard InChI is InChI=1S/C24H20BrNO2/c25-15-8-9-20-19(13-15)24-17(5-3-11-27-24)23(26-20)14-7-10-22-18(12-14)16-4-1-2-6-21(16)28-22/h1-2,4,6-10,12-13,17,23-24,26H,3,5,11H2/t17?,23-,24?/m1/s1. The zero-order chi connectivity index (χ0) is 18.7. The Morgan fingerprint density at radius 2 is 1.82 bits per heavy atom. The molecule has 3 heterocycles. The van der Waals surface area contributed by atoms with Gasteiger partial charge in [0, 0.05) is 39.0 Å². The van der Waals surface area contributed by atoms with Gasteiger partial charge in [0.2, 0.25) is 0 Å². The molecule has 4 heteroatoms. The van der Waals surface area contributed by atoms with Gasteiger partial charge in [-0.2, -0.15) is 0 Å². The SMILES string of the molecule is Brc1ccc2c(c1)C1OCCCC1[C@@H](c1ccc3oc4ccccc4c3c1)N2. The van der Waals surface area contributed by atoms with Gasteiger partial charge in [0.25, 0.3) is 0 Å². The molecule has 28 heavy (non-hydrogen) atoms. The molecule has 2 aliphatic heterocycles. The molecule has 2 aliphatic rings. The van der Waals surface area contributed by atoms with Gasteiger partial charge >= 0.3 is 0 Å². The number of fused-ring (bicyclic) bond motifs is 6. The molecule has 3 aromatic carbocycles. The van der Waals surface area contributed by atoms with Crippen LogP contribution in [0.4, 0.5) is 5.69 Å². The third kappa shape index (κ3) is 2.51. The van der Waals surface area contributed by atoms with Crippen molar-refractivity contribution >= 4 is 43.6 Å². The van der Waals surface area contributed by atoms with Gasteiger partial charge in [-0.25, -0.2) is 0 Å². The van der Waals surface area contributed by atoms with Crippen molar-refractivity contribution in [3.8, 4) is 0 Å². The van der Waals surface area contributed by atoms with E-state index in [0.717, 1.165) is 28.7 Å². The monoisotopic (exact) mass is 433 g/mol. The van der Waals surface area contributed by atoms with E-state index in [4.69, 9.17) is 9.15 Å². The lowest BCUT2D eigenvalue weighted by Gasteiger charge is -2.43. The van der Waals surface area contributed by atoms with E-state index in [2.05, 4.69) is 69.8 Å². The quantitative estimate of drug-likeness (QED) is 0.351. The lowest BCUT2D eigenvalue weighted by atomic mass is 9.77. The number of nitrogens with one attached hydrogen (secondary N) is 1. The maximum Gasteiger partial charge on any atom is 0.135 e. The second-order valence-corrected chi connectivity index (χ2v) is 8.72. The van der Waals surface area contributed by atoms with Gasteiger partial charge in [-0.1, -0.05) is 40.2 Å². The molecule has 0 bridgehead atoms. The molecule has 1 fully saturated rings. The largest absolute Gasteiger partial charge is 0.456 e. The molecular weight excluding hydrogens is 414 g/mol. The summed E-state index contributed by atoms with van der Waals surface area (Å²) in [7, 11) is 0. The highest BCUT2D eigenvalue weighted by molar-refractivity contribution is 9.10. The number of ether oxygens (including phenoxy) is 1. The van der Waals surface area contributed by atoms with E-state index in [-0.39, 0.29) is 12.1 Å². The Bertz CT molecular complexity index is 1200. The molecule has 1 saturated heterocycles. The maximum absolute atomic E-state index is 6.28. The molecule has 4 aromatic rings. The van der Waals surface area contributed by atoms with E-state index in [9.17, 15) is 0 Å². The molecule has 0 aliphatic carbocycles. The maximum atomic E-state index is 6.28. The predicted molar refractivity (Wildman–Crippen MR) is 116 cm³/mol. The Labute approximate surface area is 171 Å². The van der Waals surface area contributed by atoms with Crippen molar-refractivity contribution in [1.82, 2.24) is 0 Å². The summed E-state index contributed by atoms with van der Waals surface area (Å²) in [5.41, 5.74) is 5.63. The zero-order valence-corrected chi connectivity index (χ0v) is 16.9. The van der Waals surface area contributed by atoms with E-state index >= 15 is 0 Å². The van der Waals surface area contributed by atoms with Crippen LogP contribution >= 0.6 is 15.9 Å². The first-order valence-electron chi connectivity index (χ1n) is 9.87. The summed E-state index contributed by atoms with van der Waals surface area (Å²) < 4.78 is 13.4. The van der Waals surface area contributed by atoms with Crippen LogP contribution in [-0.2, 0) is 4.74 Å². The Balaban J connectivity index is 1.49. The Morgan fingerprint density at radius 1 is 0.929 bits per heavy atom. The van der Waals surface area contributed by atoms with E-state index in [1.165, 1.54) is 34.0 Å². The fourth-order valence-electron chi connectivity index (χ4n) is 4.91. The number of hydrogen-bond donors (Lipinski definition) is 1. The van der Waals surface area contributed by atoms with Crippen molar-refractivity contribution in [3.63, 3.8) is 0 Å². The van der Waals surface area contributed by atoms with Crippen LogP contribution in [-0.4, -0.2) is 6.61 Å². The first-order valence-corrected chi connectivity index (χ1v) is 10.7. The molecule has 6 rings (SSSR count). The molecular formula is C24H20BrNO2. The van der Waals surface area contributed by atoms with E-state index in [1.807, 2.05) is 12.1 Å². The average Bonchev–Trinajstić information content (AvgIpc) is 3.11. The van der Waals surface area contributed by atoms with Crippen LogP contribution in [0.15, 0.2) is 69.6 Å². The number of benzene rings is 3. The molecule has 3 atom stereocenters. The Morgan fingerprint density at radius 3 is 2.79 bits per heavy atom.